The SMILES string of the molecule is Cc1ccc(-c2nc(N[C@@H](C)c3nccs3)ncc2-c2ccc(N)nc2)cc1. The minimum atomic E-state index is 0.0231. The third-order valence-corrected chi connectivity index (χ3v) is 5.34. The number of aryl methyl sites for hydroxylation is 1. The zero-order valence-electron chi connectivity index (χ0n) is 15.6. The van der Waals surface area contributed by atoms with Gasteiger partial charge >= 0.3 is 0 Å². The van der Waals surface area contributed by atoms with Gasteiger partial charge in [0.05, 0.1) is 11.7 Å². The summed E-state index contributed by atoms with van der Waals surface area (Å²) >= 11 is 1.60. The molecule has 0 saturated carbocycles. The first-order chi connectivity index (χ1) is 13.6. The van der Waals surface area contributed by atoms with Gasteiger partial charge in [0.25, 0.3) is 0 Å². The summed E-state index contributed by atoms with van der Waals surface area (Å²) in [5.41, 5.74) is 10.6. The monoisotopic (exact) mass is 388 g/mol. The van der Waals surface area contributed by atoms with Gasteiger partial charge in [0.1, 0.15) is 10.8 Å². The number of nitrogen functional groups attached to an aromatic ring is 1. The summed E-state index contributed by atoms with van der Waals surface area (Å²) in [7, 11) is 0. The average molecular weight is 389 g/mol. The van der Waals surface area contributed by atoms with Crippen LogP contribution in [0.4, 0.5) is 11.8 Å². The quantitative estimate of drug-likeness (QED) is 0.514. The van der Waals surface area contributed by atoms with Crippen LogP contribution in [0.5, 0.6) is 0 Å². The summed E-state index contributed by atoms with van der Waals surface area (Å²) in [6, 6.07) is 12.0. The lowest BCUT2D eigenvalue weighted by molar-refractivity contribution is 0.849. The Kier molecular flexibility index (Phi) is 4.99. The number of nitrogens with one attached hydrogen (secondary N) is 1. The van der Waals surface area contributed by atoms with Crippen molar-refractivity contribution in [3.8, 4) is 22.4 Å². The van der Waals surface area contributed by atoms with Crippen LogP contribution in [0.15, 0.2) is 60.4 Å². The van der Waals surface area contributed by atoms with Crippen LogP contribution in [0.3, 0.4) is 0 Å². The van der Waals surface area contributed by atoms with Crippen LogP contribution in [0, 0.1) is 6.92 Å². The standard InChI is InChI=1S/C21H20N6S/c1-13-3-5-15(6-4-13)19-17(16-7-8-18(22)24-11-16)12-25-21(27-19)26-14(2)20-23-9-10-28-20/h3-12,14H,1-2H3,(H2,22,24)(H,25,26,27)/t14-/m0/s1. The van der Waals surface area contributed by atoms with Gasteiger partial charge in [0.2, 0.25) is 5.95 Å². The Labute approximate surface area is 167 Å². The van der Waals surface area contributed by atoms with E-state index in [1.807, 2.05) is 24.6 Å². The Hall–Kier alpha value is -3.32. The lowest BCUT2D eigenvalue weighted by Crippen LogP contribution is -2.10. The molecule has 28 heavy (non-hydrogen) atoms. The van der Waals surface area contributed by atoms with Gasteiger partial charge in [-0.05, 0) is 26.0 Å². The number of nitrogens with zero attached hydrogens (tertiary/aromatic N) is 4. The van der Waals surface area contributed by atoms with Crippen molar-refractivity contribution < 1.29 is 0 Å². The number of rotatable bonds is 5. The second-order valence-corrected chi connectivity index (χ2v) is 7.46. The van der Waals surface area contributed by atoms with Crippen molar-refractivity contribution in [2.24, 2.45) is 0 Å². The molecule has 0 amide bonds. The summed E-state index contributed by atoms with van der Waals surface area (Å²) < 4.78 is 0. The fourth-order valence-electron chi connectivity index (χ4n) is 2.86. The molecule has 0 fully saturated rings. The number of hydrogen-bond acceptors (Lipinski definition) is 7. The highest BCUT2D eigenvalue weighted by molar-refractivity contribution is 7.09. The zero-order valence-corrected chi connectivity index (χ0v) is 16.4. The van der Waals surface area contributed by atoms with Crippen molar-refractivity contribution >= 4 is 23.1 Å². The highest BCUT2D eigenvalue weighted by Crippen LogP contribution is 2.31. The molecule has 0 spiro atoms. The van der Waals surface area contributed by atoms with Crippen LogP contribution in [0.1, 0.15) is 23.5 Å². The van der Waals surface area contributed by atoms with Crippen molar-refractivity contribution in [2.75, 3.05) is 11.1 Å². The molecule has 4 rings (SSSR count). The minimum Gasteiger partial charge on any atom is -0.384 e. The molecule has 1 atom stereocenters. The summed E-state index contributed by atoms with van der Waals surface area (Å²) in [5.74, 6) is 1.04. The Morgan fingerprint density at radius 2 is 1.75 bits per heavy atom. The number of aromatic nitrogens is 4. The molecule has 0 unspecified atom stereocenters. The van der Waals surface area contributed by atoms with Gasteiger partial charge < -0.3 is 11.1 Å². The second kappa shape index (κ2) is 7.74. The number of pyridine rings is 1. The van der Waals surface area contributed by atoms with Gasteiger partial charge in [0, 0.05) is 40.7 Å². The van der Waals surface area contributed by atoms with Crippen LogP contribution >= 0.6 is 11.3 Å². The van der Waals surface area contributed by atoms with Crippen LogP contribution in [-0.2, 0) is 0 Å². The first-order valence-corrected chi connectivity index (χ1v) is 9.80. The lowest BCUT2D eigenvalue weighted by atomic mass is 10.0. The van der Waals surface area contributed by atoms with Gasteiger partial charge in [0.15, 0.2) is 0 Å². The van der Waals surface area contributed by atoms with Gasteiger partial charge in [-0.3, -0.25) is 0 Å². The molecule has 7 heteroatoms. The highest BCUT2D eigenvalue weighted by Gasteiger charge is 2.15. The smallest absolute Gasteiger partial charge is 0.223 e. The van der Waals surface area contributed by atoms with Crippen molar-refractivity contribution in [2.45, 2.75) is 19.9 Å². The van der Waals surface area contributed by atoms with Gasteiger partial charge in [-0.25, -0.2) is 19.9 Å². The minimum absolute atomic E-state index is 0.0231. The number of anilines is 2. The Bertz CT molecular complexity index is 1060. The molecule has 0 radical (unpaired) electrons. The summed E-state index contributed by atoms with van der Waals surface area (Å²) in [5, 5.41) is 6.30. The predicted octanol–water partition coefficient (Wildman–Crippen LogP) is 4.73. The Morgan fingerprint density at radius 1 is 0.964 bits per heavy atom. The van der Waals surface area contributed by atoms with E-state index in [9.17, 15) is 0 Å². The molecule has 0 bridgehead atoms. The third-order valence-electron chi connectivity index (χ3n) is 4.38. The number of thiazole rings is 1. The van der Waals surface area contributed by atoms with Gasteiger partial charge in [-0.15, -0.1) is 11.3 Å². The fourth-order valence-corrected chi connectivity index (χ4v) is 3.51. The second-order valence-electron chi connectivity index (χ2n) is 6.53. The number of benzene rings is 1. The van der Waals surface area contributed by atoms with E-state index in [1.54, 1.807) is 29.8 Å². The molecular weight excluding hydrogens is 368 g/mol. The topological polar surface area (TPSA) is 89.6 Å². The van der Waals surface area contributed by atoms with E-state index in [2.05, 4.69) is 51.5 Å². The first kappa shape index (κ1) is 18.1. The molecule has 3 aromatic heterocycles. The molecule has 0 aliphatic carbocycles. The maximum absolute atomic E-state index is 5.74. The molecule has 0 aliphatic heterocycles. The zero-order chi connectivity index (χ0) is 19.5. The lowest BCUT2D eigenvalue weighted by Gasteiger charge is -2.14. The summed E-state index contributed by atoms with van der Waals surface area (Å²) in [6.45, 7) is 4.11. The van der Waals surface area contributed by atoms with E-state index in [0.29, 0.717) is 11.8 Å². The highest BCUT2D eigenvalue weighted by atomic mass is 32.1. The molecule has 4 aromatic rings. The normalized spacial score (nSPS) is 11.9. The molecule has 1 aromatic carbocycles. The van der Waals surface area contributed by atoms with Gasteiger partial charge in [-0.2, -0.15) is 0 Å². The van der Waals surface area contributed by atoms with E-state index in [4.69, 9.17) is 10.7 Å². The van der Waals surface area contributed by atoms with Crippen LogP contribution < -0.4 is 11.1 Å². The first-order valence-electron chi connectivity index (χ1n) is 8.92. The maximum atomic E-state index is 5.74. The van der Waals surface area contributed by atoms with E-state index in [1.165, 1.54) is 5.56 Å². The van der Waals surface area contributed by atoms with Crippen LogP contribution in [-0.4, -0.2) is 19.9 Å². The van der Waals surface area contributed by atoms with Gasteiger partial charge in [-0.1, -0.05) is 29.8 Å². The van der Waals surface area contributed by atoms with E-state index < -0.39 is 0 Å². The molecule has 0 saturated heterocycles. The van der Waals surface area contributed by atoms with E-state index >= 15 is 0 Å². The van der Waals surface area contributed by atoms with E-state index in [-0.39, 0.29) is 6.04 Å². The maximum Gasteiger partial charge on any atom is 0.223 e. The molecule has 3 heterocycles. The molecular formula is C21H20N6S. The number of hydrogen-bond donors (Lipinski definition) is 2. The fraction of sp³-hybridized carbons (Fsp3) is 0.143. The summed E-state index contributed by atoms with van der Waals surface area (Å²) in [6.07, 6.45) is 5.37. The number of nitrogens with two attached hydrogens (primary N) is 1. The molecule has 0 aliphatic rings. The molecule has 3 N–H and O–H groups in total. The van der Waals surface area contributed by atoms with Crippen molar-refractivity contribution in [1.29, 1.82) is 0 Å². The molecule has 140 valence electrons. The van der Waals surface area contributed by atoms with Crippen LogP contribution in [0.25, 0.3) is 22.4 Å². The largest absolute Gasteiger partial charge is 0.384 e. The van der Waals surface area contributed by atoms with Crippen molar-refractivity contribution in [1.82, 2.24) is 19.9 Å². The Morgan fingerprint density at radius 3 is 2.43 bits per heavy atom. The molecule has 6 nitrogen and oxygen atoms in total. The van der Waals surface area contributed by atoms with Crippen molar-refractivity contribution in [3.05, 3.63) is 70.9 Å². The van der Waals surface area contributed by atoms with E-state index in [0.717, 1.165) is 27.4 Å². The Balaban J connectivity index is 1.76. The third kappa shape index (κ3) is 3.84. The summed E-state index contributed by atoms with van der Waals surface area (Å²) in [4.78, 5) is 17.9. The van der Waals surface area contributed by atoms with Crippen molar-refractivity contribution in [3.63, 3.8) is 0 Å². The average Bonchev–Trinajstić information content (AvgIpc) is 3.24. The predicted molar refractivity (Wildman–Crippen MR) is 114 cm³/mol. The van der Waals surface area contributed by atoms with Crippen LogP contribution in [0.2, 0.25) is 0 Å².